The van der Waals surface area contributed by atoms with Crippen molar-refractivity contribution in [1.82, 2.24) is 0 Å². The highest BCUT2D eigenvalue weighted by Gasteiger charge is 2.16. The molecule has 0 aliphatic carbocycles. The molecule has 1 N–H and O–H groups in total. The Labute approximate surface area is 118 Å². The van der Waals surface area contributed by atoms with Crippen LogP contribution in [-0.2, 0) is 16.4 Å². The summed E-state index contributed by atoms with van der Waals surface area (Å²) < 4.78 is 27.4. The molecule has 0 amide bonds. The van der Waals surface area contributed by atoms with Crippen LogP contribution in [0.3, 0.4) is 0 Å². The van der Waals surface area contributed by atoms with Gasteiger partial charge in [-0.2, -0.15) is 0 Å². The molecule has 1 heterocycles. The number of benzene rings is 1. The van der Waals surface area contributed by atoms with Gasteiger partial charge in [-0.05, 0) is 55.7 Å². The number of hydrogen-bond donors (Lipinski definition) is 1. The minimum absolute atomic E-state index is 0.363. The number of thiophene rings is 1. The van der Waals surface area contributed by atoms with E-state index in [9.17, 15) is 8.42 Å². The van der Waals surface area contributed by atoms with E-state index < -0.39 is 10.0 Å². The van der Waals surface area contributed by atoms with Gasteiger partial charge in [0.2, 0.25) is 0 Å². The smallest absolute Gasteiger partial charge is 0.271 e. The van der Waals surface area contributed by atoms with Crippen molar-refractivity contribution in [2.24, 2.45) is 0 Å². The van der Waals surface area contributed by atoms with Crippen LogP contribution < -0.4 is 4.72 Å². The molecule has 0 bridgehead atoms. The predicted octanol–water partition coefficient (Wildman–Crippen LogP) is 3.73. The van der Waals surface area contributed by atoms with Gasteiger partial charge in [0.15, 0.2) is 0 Å². The Bertz CT molecular complexity index is 687. The van der Waals surface area contributed by atoms with E-state index in [1.807, 2.05) is 39.0 Å². The monoisotopic (exact) mass is 295 g/mol. The summed E-state index contributed by atoms with van der Waals surface area (Å²) in [6, 6.07) is 9.07. The lowest BCUT2D eigenvalue weighted by atomic mass is 10.1. The lowest BCUT2D eigenvalue weighted by Gasteiger charge is -2.08. The second kappa shape index (κ2) is 5.35. The van der Waals surface area contributed by atoms with E-state index in [0.29, 0.717) is 9.90 Å². The van der Waals surface area contributed by atoms with E-state index in [1.54, 1.807) is 12.1 Å². The molecule has 1 aromatic carbocycles. The van der Waals surface area contributed by atoms with Gasteiger partial charge in [-0.1, -0.05) is 13.0 Å². The first kappa shape index (κ1) is 14.1. The Morgan fingerprint density at radius 2 is 1.84 bits per heavy atom. The number of hydrogen-bond acceptors (Lipinski definition) is 3. The second-order valence-corrected chi connectivity index (χ2v) is 7.56. The zero-order chi connectivity index (χ0) is 14.0. The third-order valence-corrected chi connectivity index (χ3v) is 6.11. The Hall–Kier alpha value is -1.33. The average Bonchev–Trinajstić information content (AvgIpc) is 2.83. The summed E-state index contributed by atoms with van der Waals surface area (Å²) in [6.07, 6.45) is 0.851. The van der Waals surface area contributed by atoms with Gasteiger partial charge >= 0.3 is 0 Å². The number of anilines is 1. The maximum Gasteiger partial charge on any atom is 0.271 e. The highest BCUT2D eigenvalue weighted by atomic mass is 32.2. The molecule has 0 fully saturated rings. The average molecular weight is 295 g/mol. The van der Waals surface area contributed by atoms with Gasteiger partial charge in [0, 0.05) is 10.6 Å². The fraction of sp³-hybridized carbons (Fsp3) is 0.286. The molecule has 0 aliphatic heterocycles. The summed E-state index contributed by atoms with van der Waals surface area (Å²) in [7, 11) is -3.46. The van der Waals surface area contributed by atoms with Crippen molar-refractivity contribution in [3.8, 4) is 0 Å². The molecule has 3 nitrogen and oxygen atoms in total. The third kappa shape index (κ3) is 3.16. The minimum Gasteiger partial charge on any atom is -0.279 e. The molecule has 2 rings (SSSR count). The van der Waals surface area contributed by atoms with Crippen molar-refractivity contribution < 1.29 is 8.42 Å². The summed E-state index contributed by atoms with van der Waals surface area (Å²) >= 11 is 1.32. The van der Waals surface area contributed by atoms with Crippen molar-refractivity contribution in [1.29, 1.82) is 0 Å². The van der Waals surface area contributed by atoms with Gasteiger partial charge in [0.1, 0.15) is 4.21 Å². The molecule has 19 heavy (non-hydrogen) atoms. The Kier molecular flexibility index (Phi) is 3.96. The maximum atomic E-state index is 12.2. The topological polar surface area (TPSA) is 46.2 Å². The number of nitrogens with one attached hydrogen (secondary N) is 1. The molecule has 0 spiro atoms. The first-order valence-electron chi connectivity index (χ1n) is 6.11. The number of aryl methyl sites for hydroxylation is 3. The molecule has 0 atom stereocenters. The predicted molar refractivity (Wildman–Crippen MR) is 80.4 cm³/mol. The standard InChI is InChI=1S/C14H17NO2S2/c1-4-13-7-8-14(18-13)19(16,17)15-12-6-5-10(2)11(3)9-12/h5-9,15H,4H2,1-3H3. The molecule has 0 saturated heterocycles. The van der Waals surface area contributed by atoms with Crippen LogP contribution in [0.1, 0.15) is 22.9 Å². The largest absolute Gasteiger partial charge is 0.279 e. The normalized spacial score (nSPS) is 11.5. The second-order valence-electron chi connectivity index (χ2n) is 4.48. The summed E-state index contributed by atoms with van der Waals surface area (Å²) in [5.41, 5.74) is 2.82. The van der Waals surface area contributed by atoms with Gasteiger partial charge in [-0.3, -0.25) is 4.72 Å². The molecule has 102 valence electrons. The van der Waals surface area contributed by atoms with Crippen LogP contribution in [0.4, 0.5) is 5.69 Å². The quantitative estimate of drug-likeness (QED) is 0.934. The molecular formula is C14H17NO2S2. The van der Waals surface area contributed by atoms with Crippen LogP contribution in [0.15, 0.2) is 34.5 Å². The summed E-state index contributed by atoms with van der Waals surface area (Å²) in [4.78, 5) is 1.07. The van der Waals surface area contributed by atoms with Gasteiger partial charge in [-0.25, -0.2) is 8.42 Å². The molecule has 1 aromatic heterocycles. The summed E-state index contributed by atoms with van der Waals surface area (Å²) in [5, 5.41) is 0. The maximum absolute atomic E-state index is 12.2. The van der Waals surface area contributed by atoms with Crippen LogP contribution in [0.5, 0.6) is 0 Å². The Balaban J connectivity index is 2.28. The van der Waals surface area contributed by atoms with E-state index in [1.165, 1.54) is 11.3 Å². The van der Waals surface area contributed by atoms with E-state index in [0.717, 1.165) is 22.4 Å². The van der Waals surface area contributed by atoms with Crippen LogP contribution in [-0.4, -0.2) is 8.42 Å². The zero-order valence-corrected chi connectivity index (χ0v) is 12.9. The van der Waals surface area contributed by atoms with Crippen molar-refractivity contribution in [3.63, 3.8) is 0 Å². The van der Waals surface area contributed by atoms with Crippen molar-refractivity contribution in [2.45, 2.75) is 31.4 Å². The molecule has 0 saturated carbocycles. The number of sulfonamides is 1. The van der Waals surface area contributed by atoms with Gasteiger partial charge in [0.25, 0.3) is 10.0 Å². The highest BCUT2D eigenvalue weighted by molar-refractivity contribution is 7.94. The first-order valence-corrected chi connectivity index (χ1v) is 8.41. The molecule has 0 aliphatic rings. The van der Waals surface area contributed by atoms with Crippen molar-refractivity contribution >= 4 is 27.0 Å². The van der Waals surface area contributed by atoms with Crippen LogP contribution in [0.25, 0.3) is 0 Å². The molecular weight excluding hydrogens is 278 g/mol. The zero-order valence-electron chi connectivity index (χ0n) is 11.2. The summed E-state index contributed by atoms with van der Waals surface area (Å²) in [5.74, 6) is 0. The Morgan fingerprint density at radius 1 is 1.11 bits per heavy atom. The van der Waals surface area contributed by atoms with Gasteiger partial charge in [0.05, 0.1) is 0 Å². The first-order chi connectivity index (χ1) is 8.92. The van der Waals surface area contributed by atoms with E-state index >= 15 is 0 Å². The third-order valence-electron chi connectivity index (χ3n) is 3.01. The van der Waals surface area contributed by atoms with Gasteiger partial charge in [-0.15, -0.1) is 11.3 Å². The number of rotatable bonds is 4. The van der Waals surface area contributed by atoms with E-state index in [-0.39, 0.29) is 0 Å². The van der Waals surface area contributed by atoms with Crippen LogP contribution in [0.2, 0.25) is 0 Å². The fourth-order valence-corrected chi connectivity index (χ4v) is 4.05. The molecule has 0 unspecified atom stereocenters. The van der Waals surface area contributed by atoms with Crippen LogP contribution >= 0.6 is 11.3 Å². The van der Waals surface area contributed by atoms with E-state index in [2.05, 4.69) is 4.72 Å². The van der Waals surface area contributed by atoms with Crippen molar-refractivity contribution in [3.05, 3.63) is 46.3 Å². The lowest BCUT2D eigenvalue weighted by molar-refractivity contribution is 0.603. The molecule has 2 aromatic rings. The molecule has 5 heteroatoms. The lowest BCUT2D eigenvalue weighted by Crippen LogP contribution is -2.11. The minimum atomic E-state index is -3.46. The fourth-order valence-electron chi connectivity index (χ4n) is 1.70. The summed E-state index contributed by atoms with van der Waals surface area (Å²) in [6.45, 7) is 5.98. The van der Waals surface area contributed by atoms with Crippen molar-refractivity contribution in [2.75, 3.05) is 4.72 Å². The van der Waals surface area contributed by atoms with Gasteiger partial charge < -0.3 is 0 Å². The van der Waals surface area contributed by atoms with Crippen LogP contribution in [0, 0.1) is 13.8 Å². The SMILES string of the molecule is CCc1ccc(S(=O)(=O)Nc2ccc(C)c(C)c2)s1. The Morgan fingerprint density at radius 3 is 2.42 bits per heavy atom. The van der Waals surface area contributed by atoms with E-state index in [4.69, 9.17) is 0 Å². The highest BCUT2D eigenvalue weighted by Crippen LogP contribution is 2.25. The molecule has 0 radical (unpaired) electrons.